The van der Waals surface area contributed by atoms with Gasteiger partial charge in [0.05, 0.1) is 24.8 Å². The minimum absolute atomic E-state index is 0.284. The number of amides is 1. The van der Waals surface area contributed by atoms with Crippen LogP contribution in [0.1, 0.15) is 28.4 Å². The normalized spacial score (nSPS) is 12.3. The zero-order valence-corrected chi connectivity index (χ0v) is 16.6. The molecule has 2 rings (SSSR count). The second kappa shape index (κ2) is 9.82. The predicted molar refractivity (Wildman–Crippen MR) is 103 cm³/mol. The van der Waals surface area contributed by atoms with E-state index in [0.717, 1.165) is 30.0 Å². The van der Waals surface area contributed by atoms with E-state index in [1.54, 1.807) is 13.2 Å². The molecule has 1 aromatic carbocycles. The summed E-state index contributed by atoms with van der Waals surface area (Å²) in [7, 11) is 1.66. The molecule has 1 heterocycles. The Morgan fingerprint density at radius 3 is 2.78 bits per heavy atom. The molecule has 0 radical (unpaired) electrons. The van der Waals surface area contributed by atoms with Crippen molar-refractivity contribution in [2.45, 2.75) is 32.7 Å². The number of aryl methyl sites for hydroxylation is 1. The number of hydrogen-bond acceptors (Lipinski definition) is 4. The molecule has 0 fully saturated rings. The summed E-state index contributed by atoms with van der Waals surface area (Å²) in [5.41, 5.74) is 8.81. The van der Waals surface area contributed by atoms with E-state index in [2.05, 4.69) is 10.4 Å². The minimum Gasteiger partial charge on any atom is -0.383 e. The van der Waals surface area contributed by atoms with Crippen LogP contribution in [-0.4, -0.2) is 42.5 Å². The zero-order chi connectivity index (χ0) is 20.0. The van der Waals surface area contributed by atoms with Crippen molar-refractivity contribution in [1.29, 1.82) is 0 Å². The largest absolute Gasteiger partial charge is 0.383 e. The summed E-state index contributed by atoms with van der Waals surface area (Å²) in [4.78, 5) is 12.2. The lowest BCUT2D eigenvalue weighted by atomic mass is 9.90. The maximum absolute atomic E-state index is 13.3. The molecule has 0 saturated heterocycles. The van der Waals surface area contributed by atoms with E-state index in [0.29, 0.717) is 25.1 Å². The first-order valence-electron chi connectivity index (χ1n) is 8.82. The maximum Gasteiger partial charge on any atom is 0.225 e. The van der Waals surface area contributed by atoms with Gasteiger partial charge in [0.2, 0.25) is 5.91 Å². The number of nitrogens with zero attached hydrogens (tertiary/aromatic N) is 2. The van der Waals surface area contributed by atoms with Crippen LogP contribution in [0.4, 0.5) is 4.39 Å². The van der Waals surface area contributed by atoms with Crippen LogP contribution in [0.3, 0.4) is 0 Å². The summed E-state index contributed by atoms with van der Waals surface area (Å²) in [5, 5.41) is 8.10. The molecule has 1 unspecified atom stereocenters. The van der Waals surface area contributed by atoms with E-state index in [-0.39, 0.29) is 5.02 Å². The summed E-state index contributed by atoms with van der Waals surface area (Å²) >= 11 is 6.13. The Hall–Kier alpha value is -1.96. The van der Waals surface area contributed by atoms with Crippen molar-refractivity contribution < 1.29 is 13.9 Å². The first kappa shape index (κ1) is 21.3. The molecule has 8 heteroatoms. The highest BCUT2D eigenvalue weighted by Crippen LogP contribution is 2.29. The third-order valence-corrected chi connectivity index (χ3v) is 4.90. The van der Waals surface area contributed by atoms with Crippen LogP contribution in [0.2, 0.25) is 5.02 Å². The SMILES string of the molecule is COCCNCCn1nc(C)c(C(Cc2ccc(F)cc2Cl)C(N)=O)c1C. The summed E-state index contributed by atoms with van der Waals surface area (Å²) in [6.45, 7) is 6.58. The van der Waals surface area contributed by atoms with E-state index in [1.165, 1.54) is 12.1 Å². The Labute approximate surface area is 163 Å². The van der Waals surface area contributed by atoms with Crippen molar-refractivity contribution in [3.63, 3.8) is 0 Å². The van der Waals surface area contributed by atoms with Crippen molar-refractivity contribution in [2.24, 2.45) is 5.73 Å². The number of hydrogen-bond donors (Lipinski definition) is 2. The Bertz CT molecular complexity index is 794. The number of aromatic nitrogens is 2. The molecule has 0 spiro atoms. The highest BCUT2D eigenvalue weighted by atomic mass is 35.5. The van der Waals surface area contributed by atoms with Gasteiger partial charge in [0.15, 0.2) is 0 Å². The molecule has 1 amide bonds. The van der Waals surface area contributed by atoms with Crippen LogP contribution >= 0.6 is 11.6 Å². The molecule has 2 aromatic rings. The molecular weight excluding hydrogens is 371 g/mol. The van der Waals surface area contributed by atoms with Gasteiger partial charge in [-0.25, -0.2) is 4.39 Å². The van der Waals surface area contributed by atoms with Gasteiger partial charge in [-0.15, -0.1) is 0 Å². The van der Waals surface area contributed by atoms with E-state index >= 15 is 0 Å². The molecule has 6 nitrogen and oxygen atoms in total. The summed E-state index contributed by atoms with van der Waals surface area (Å²) in [5.74, 6) is -1.46. The number of nitrogens with two attached hydrogens (primary N) is 1. The first-order chi connectivity index (χ1) is 12.8. The molecule has 0 bridgehead atoms. The van der Waals surface area contributed by atoms with Gasteiger partial charge in [-0.3, -0.25) is 9.48 Å². The van der Waals surface area contributed by atoms with Gasteiger partial charge >= 0.3 is 0 Å². The van der Waals surface area contributed by atoms with Crippen molar-refractivity contribution >= 4 is 17.5 Å². The molecule has 0 aliphatic rings. The fraction of sp³-hybridized carbons (Fsp3) is 0.474. The Kier molecular flexibility index (Phi) is 7.77. The molecule has 27 heavy (non-hydrogen) atoms. The molecule has 3 N–H and O–H groups in total. The topological polar surface area (TPSA) is 82.2 Å². The van der Waals surface area contributed by atoms with Crippen LogP contribution < -0.4 is 11.1 Å². The lowest BCUT2D eigenvalue weighted by Crippen LogP contribution is -2.25. The third kappa shape index (κ3) is 5.51. The number of benzene rings is 1. The average Bonchev–Trinajstić information content (AvgIpc) is 2.88. The smallest absolute Gasteiger partial charge is 0.225 e. The average molecular weight is 397 g/mol. The van der Waals surface area contributed by atoms with Crippen LogP contribution in [0.15, 0.2) is 18.2 Å². The molecular formula is C19H26ClFN4O2. The number of halogens is 2. The van der Waals surface area contributed by atoms with Crippen LogP contribution in [0.25, 0.3) is 0 Å². The standard InChI is InChI=1S/C19H26ClFN4O2/c1-12-18(13(2)25(24-12)8-6-23-7-9-27-3)16(19(22)26)10-14-4-5-15(21)11-17(14)20/h4-5,11,16,23H,6-10H2,1-3H3,(H2,22,26). The summed E-state index contributed by atoms with van der Waals surface area (Å²) in [6, 6.07) is 4.15. The van der Waals surface area contributed by atoms with Gasteiger partial charge in [0.25, 0.3) is 0 Å². The van der Waals surface area contributed by atoms with Crippen molar-refractivity contribution in [3.8, 4) is 0 Å². The van der Waals surface area contributed by atoms with Gasteiger partial charge in [-0.05, 0) is 38.0 Å². The molecule has 148 valence electrons. The number of ether oxygens (including phenoxy) is 1. The van der Waals surface area contributed by atoms with Crippen LogP contribution in [-0.2, 0) is 22.5 Å². The zero-order valence-electron chi connectivity index (χ0n) is 15.9. The highest BCUT2D eigenvalue weighted by Gasteiger charge is 2.26. The predicted octanol–water partition coefficient (Wildman–Crippen LogP) is 2.34. The van der Waals surface area contributed by atoms with Crippen molar-refractivity contribution in [2.75, 3.05) is 26.8 Å². The number of carbonyl (C=O) groups is 1. The van der Waals surface area contributed by atoms with Gasteiger partial charge in [0, 0.05) is 36.5 Å². The summed E-state index contributed by atoms with van der Waals surface area (Å²) < 4.78 is 20.2. The van der Waals surface area contributed by atoms with Gasteiger partial charge in [-0.2, -0.15) is 5.10 Å². The second-order valence-electron chi connectivity index (χ2n) is 6.45. The molecule has 1 atom stereocenters. The molecule has 1 aromatic heterocycles. The molecule has 0 aliphatic carbocycles. The van der Waals surface area contributed by atoms with E-state index in [1.807, 2.05) is 18.5 Å². The van der Waals surface area contributed by atoms with Gasteiger partial charge in [-0.1, -0.05) is 17.7 Å². The minimum atomic E-state index is -0.580. The van der Waals surface area contributed by atoms with E-state index in [4.69, 9.17) is 22.1 Å². The number of nitrogens with one attached hydrogen (secondary N) is 1. The number of primary amides is 1. The van der Waals surface area contributed by atoms with E-state index < -0.39 is 17.6 Å². The maximum atomic E-state index is 13.3. The first-order valence-corrected chi connectivity index (χ1v) is 9.19. The lowest BCUT2D eigenvalue weighted by Gasteiger charge is -2.16. The lowest BCUT2D eigenvalue weighted by molar-refractivity contribution is -0.119. The third-order valence-electron chi connectivity index (χ3n) is 4.55. The fourth-order valence-electron chi connectivity index (χ4n) is 3.17. The van der Waals surface area contributed by atoms with Gasteiger partial charge < -0.3 is 15.8 Å². The monoisotopic (exact) mass is 396 g/mol. The number of methoxy groups -OCH3 is 1. The molecule has 0 aliphatic heterocycles. The van der Waals surface area contributed by atoms with Crippen LogP contribution in [0.5, 0.6) is 0 Å². The van der Waals surface area contributed by atoms with Crippen LogP contribution in [0, 0.1) is 19.7 Å². The highest BCUT2D eigenvalue weighted by molar-refractivity contribution is 6.31. The Morgan fingerprint density at radius 2 is 2.15 bits per heavy atom. The fourth-order valence-corrected chi connectivity index (χ4v) is 3.41. The van der Waals surface area contributed by atoms with Crippen molar-refractivity contribution in [3.05, 3.63) is 51.6 Å². The number of rotatable bonds is 10. The van der Waals surface area contributed by atoms with E-state index in [9.17, 15) is 9.18 Å². The molecule has 0 saturated carbocycles. The summed E-state index contributed by atoms with van der Waals surface area (Å²) in [6.07, 6.45) is 0.300. The van der Waals surface area contributed by atoms with Gasteiger partial charge in [0.1, 0.15) is 5.82 Å². The Morgan fingerprint density at radius 1 is 1.41 bits per heavy atom. The van der Waals surface area contributed by atoms with Crippen molar-refractivity contribution in [1.82, 2.24) is 15.1 Å². The Balaban J connectivity index is 2.20. The quantitative estimate of drug-likeness (QED) is 0.604. The number of carbonyl (C=O) groups excluding carboxylic acids is 1. The second-order valence-corrected chi connectivity index (χ2v) is 6.85.